The van der Waals surface area contributed by atoms with Crippen LogP contribution < -0.4 is 5.32 Å². The van der Waals surface area contributed by atoms with Gasteiger partial charge in [0, 0.05) is 37.3 Å². The number of hydrogen-bond acceptors (Lipinski definition) is 5. The van der Waals surface area contributed by atoms with E-state index in [1.165, 1.54) is 4.90 Å². The van der Waals surface area contributed by atoms with Crippen LogP contribution in [0.4, 0.5) is 10.5 Å². The third-order valence-corrected chi connectivity index (χ3v) is 3.60. The molecule has 0 aliphatic heterocycles. The fraction of sp³-hybridized carbons (Fsp3) is 0.375. The lowest BCUT2D eigenvalue weighted by atomic mass is 10.2. The van der Waals surface area contributed by atoms with E-state index in [0.29, 0.717) is 23.4 Å². The molecule has 0 bridgehead atoms. The van der Waals surface area contributed by atoms with Crippen LogP contribution in [0.1, 0.15) is 31.6 Å². The number of amides is 2. The highest BCUT2D eigenvalue weighted by molar-refractivity contribution is 5.92. The minimum absolute atomic E-state index is 0.243. The molecule has 2 amide bonds. The summed E-state index contributed by atoms with van der Waals surface area (Å²) in [5.41, 5.74) is 1.62. The highest BCUT2D eigenvalue weighted by Gasteiger charge is 2.13. The van der Waals surface area contributed by atoms with Crippen LogP contribution in [-0.2, 0) is 6.54 Å². The lowest BCUT2D eigenvalue weighted by Crippen LogP contribution is -2.31. The van der Waals surface area contributed by atoms with Crippen LogP contribution in [0.2, 0.25) is 0 Å². The number of carbonyl (C=O) groups is 1. The van der Waals surface area contributed by atoms with Crippen LogP contribution >= 0.6 is 0 Å². The SMILES string of the molecule is Cc1nc(CN(C)C(=O)Nc2ccc3nn(C(C)C)cc3c2)no1. The summed E-state index contributed by atoms with van der Waals surface area (Å²) in [6.07, 6.45) is 1.97. The number of urea groups is 1. The Bertz CT molecular complexity index is 866. The zero-order valence-electron chi connectivity index (χ0n) is 14.1. The van der Waals surface area contributed by atoms with Gasteiger partial charge in [0.1, 0.15) is 0 Å². The van der Waals surface area contributed by atoms with Gasteiger partial charge in [-0.25, -0.2) is 4.79 Å². The third-order valence-electron chi connectivity index (χ3n) is 3.60. The van der Waals surface area contributed by atoms with E-state index in [4.69, 9.17) is 4.52 Å². The molecule has 0 saturated heterocycles. The van der Waals surface area contributed by atoms with Gasteiger partial charge in [0.2, 0.25) is 5.89 Å². The second-order valence-corrected chi connectivity index (χ2v) is 5.99. The first-order valence-electron chi connectivity index (χ1n) is 7.72. The molecule has 126 valence electrons. The first kappa shape index (κ1) is 16.0. The average Bonchev–Trinajstić information content (AvgIpc) is 3.12. The summed E-state index contributed by atoms with van der Waals surface area (Å²) in [6, 6.07) is 5.69. The largest absolute Gasteiger partial charge is 0.340 e. The predicted molar refractivity (Wildman–Crippen MR) is 89.6 cm³/mol. The molecule has 1 aromatic carbocycles. The van der Waals surface area contributed by atoms with Gasteiger partial charge in [0.25, 0.3) is 0 Å². The molecule has 8 nitrogen and oxygen atoms in total. The Morgan fingerprint density at radius 1 is 1.42 bits per heavy atom. The van der Waals surface area contributed by atoms with E-state index in [-0.39, 0.29) is 12.6 Å². The quantitative estimate of drug-likeness (QED) is 0.795. The molecule has 3 aromatic rings. The maximum absolute atomic E-state index is 12.3. The molecule has 0 spiro atoms. The normalized spacial score (nSPS) is 11.2. The van der Waals surface area contributed by atoms with Gasteiger partial charge < -0.3 is 14.7 Å². The van der Waals surface area contributed by atoms with Crippen molar-refractivity contribution < 1.29 is 9.32 Å². The van der Waals surface area contributed by atoms with Gasteiger partial charge in [0.15, 0.2) is 5.82 Å². The Morgan fingerprint density at radius 2 is 2.21 bits per heavy atom. The zero-order valence-corrected chi connectivity index (χ0v) is 14.1. The van der Waals surface area contributed by atoms with Crippen LogP contribution in [-0.4, -0.2) is 37.9 Å². The molecule has 0 aliphatic carbocycles. The molecule has 0 atom stereocenters. The molecule has 0 radical (unpaired) electrons. The van der Waals surface area contributed by atoms with Gasteiger partial charge in [-0.2, -0.15) is 10.1 Å². The molecule has 0 saturated carbocycles. The molecule has 0 aliphatic rings. The van der Waals surface area contributed by atoms with Crippen molar-refractivity contribution in [3.8, 4) is 0 Å². The van der Waals surface area contributed by atoms with Gasteiger partial charge in [-0.1, -0.05) is 5.16 Å². The van der Waals surface area contributed by atoms with Crippen LogP contribution in [0.15, 0.2) is 28.9 Å². The van der Waals surface area contributed by atoms with Gasteiger partial charge in [-0.05, 0) is 32.0 Å². The van der Waals surface area contributed by atoms with E-state index in [9.17, 15) is 4.79 Å². The summed E-state index contributed by atoms with van der Waals surface area (Å²) >= 11 is 0. The van der Waals surface area contributed by atoms with Crippen molar-refractivity contribution in [2.75, 3.05) is 12.4 Å². The molecule has 1 N–H and O–H groups in total. The molecule has 2 heterocycles. The van der Waals surface area contributed by atoms with Crippen LogP contribution in [0.5, 0.6) is 0 Å². The molecule has 2 aromatic heterocycles. The molecule has 0 fully saturated rings. The number of benzene rings is 1. The topological polar surface area (TPSA) is 89.1 Å². The third kappa shape index (κ3) is 3.37. The molecule has 24 heavy (non-hydrogen) atoms. The van der Waals surface area contributed by atoms with E-state index < -0.39 is 0 Å². The number of nitrogens with zero attached hydrogens (tertiary/aromatic N) is 5. The zero-order chi connectivity index (χ0) is 17.3. The molecule has 3 rings (SSSR count). The highest BCUT2D eigenvalue weighted by atomic mass is 16.5. The number of hydrogen-bond donors (Lipinski definition) is 1. The van der Waals surface area contributed by atoms with Crippen molar-refractivity contribution in [3.63, 3.8) is 0 Å². The number of fused-ring (bicyclic) bond motifs is 1. The predicted octanol–water partition coefficient (Wildman–Crippen LogP) is 2.97. The number of anilines is 1. The van der Waals surface area contributed by atoms with Gasteiger partial charge in [0.05, 0.1) is 12.1 Å². The Balaban J connectivity index is 1.70. The monoisotopic (exact) mass is 328 g/mol. The highest BCUT2D eigenvalue weighted by Crippen LogP contribution is 2.20. The van der Waals surface area contributed by atoms with E-state index >= 15 is 0 Å². The number of carbonyl (C=O) groups excluding carboxylic acids is 1. The standard InChI is InChI=1S/C16H20N6O2/c1-10(2)22-8-12-7-13(5-6-14(12)19-22)18-16(23)21(4)9-15-17-11(3)24-20-15/h5-8,10H,9H2,1-4H3,(H,18,23). The molecule has 8 heteroatoms. The fourth-order valence-corrected chi connectivity index (χ4v) is 2.30. The summed E-state index contributed by atoms with van der Waals surface area (Å²) < 4.78 is 6.81. The maximum atomic E-state index is 12.3. The number of nitrogens with one attached hydrogen (secondary N) is 1. The van der Waals surface area contributed by atoms with Crippen molar-refractivity contribution in [1.29, 1.82) is 0 Å². The van der Waals surface area contributed by atoms with Crippen LogP contribution in [0, 0.1) is 6.92 Å². The summed E-state index contributed by atoms with van der Waals surface area (Å²) in [5, 5.41) is 12.1. The van der Waals surface area contributed by atoms with Gasteiger partial charge in [-0.3, -0.25) is 4.68 Å². The lowest BCUT2D eigenvalue weighted by Gasteiger charge is -2.16. The van der Waals surface area contributed by atoms with Gasteiger partial charge >= 0.3 is 6.03 Å². The first-order valence-corrected chi connectivity index (χ1v) is 7.72. The number of rotatable bonds is 4. The molecular weight excluding hydrogens is 308 g/mol. The summed E-state index contributed by atoms with van der Waals surface area (Å²) in [4.78, 5) is 17.9. The number of aromatic nitrogens is 4. The first-order chi connectivity index (χ1) is 11.4. The summed E-state index contributed by atoms with van der Waals surface area (Å²) in [6.45, 7) is 6.13. The minimum atomic E-state index is -0.243. The van der Waals surface area contributed by atoms with Crippen molar-refractivity contribution >= 4 is 22.6 Å². The van der Waals surface area contributed by atoms with Crippen molar-refractivity contribution in [3.05, 3.63) is 36.1 Å². The van der Waals surface area contributed by atoms with Crippen LogP contribution in [0.3, 0.4) is 0 Å². The van der Waals surface area contributed by atoms with E-state index in [1.54, 1.807) is 14.0 Å². The van der Waals surface area contributed by atoms with Gasteiger partial charge in [-0.15, -0.1) is 0 Å². The smallest absolute Gasteiger partial charge is 0.321 e. The summed E-state index contributed by atoms with van der Waals surface area (Å²) in [7, 11) is 1.68. The number of aryl methyl sites for hydroxylation is 1. The lowest BCUT2D eigenvalue weighted by molar-refractivity contribution is 0.219. The Labute approximate surface area is 139 Å². The maximum Gasteiger partial charge on any atom is 0.321 e. The Kier molecular flexibility index (Phi) is 4.20. The minimum Gasteiger partial charge on any atom is -0.340 e. The molecular formula is C16H20N6O2. The van der Waals surface area contributed by atoms with E-state index in [1.807, 2.05) is 29.1 Å². The average molecular weight is 328 g/mol. The van der Waals surface area contributed by atoms with E-state index in [0.717, 1.165) is 10.9 Å². The van der Waals surface area contributed by atoms with Crippen molar-refractivity contribution in [2.24, 2.45) is 0 Å². The fourth-order valence-electron chi connectivity index (χ4n) is 2.30. The van der Waals surface area contributed by atoms with Crippen molar-refractivity contribution in [2.45, 2.75) is 33.4 Å². The van der Waals surface area contributed by atoms with Crippen molar-refractivity contribution in [1.82, 2.24) is 24.8 Å². The second kappa shape index (κ2) is 6.31. The van der Waals surface area contributed by atoms with Crippen LogP contribution in [0.25, 0.3) is 10.9 Å². The van der Waals surface area contributed by atoms with E-state index in [2.05, 4.69) is 34.4 Å². The second-order valence-electron chi connectivity index (χ2n) is 5.99. The Hall–Kier alpha value is -2.90. The summed E-state index contributed by atoms with van der Waals surface area (Å²) in [5.74, 6) is 0.949. The Morgan fingerprint density at radius 3 is 2.88 bits per heavy atom. The molecule has 0 unspecified atom stereocenters.